The van der Waals surface area contributed by atoms with E-state index in [1.54, 1.807) is 6.20 Å². The fraction of sp³-hybridized carbons (Fsp3) is 0.421. The van der Waals surface area contributed by atoms with Gasteiger partial charge in [-0.1, -0.05) is 18.2 Å². The van der Waals surface area contributed by atoms with Crippen LogP contribution in [0.5, 0.6) is 0 Å². The van der Waals surface area contributed by atoms with Gasteiger partial charge in [0.25, 0.3) is 5.91 Å². The lowest BCUT2D eigenvalue weighted by Gasteiger charge is -2.20. The molecule has 3 rings (SSSR count). The molecule has 2 heterocycles. The van der Waals surface area contributed by atoms with E-state index in [0.29, 0.717) is 5.92 Å². The summed E-state index contributed by atoms with van der Waals surface area (Å²) in [6.45, 7) is 1.66. The van der Waals surface area contributed by atoms with Crippen LogP contribution in [0.4, 0.5) is 5.82 Å². The first-order chi connectivity index (χ1) is 11.8. The van der Waals surface area contributed by atoms with Crippen molar-refractivity contribution in [1.29, 1.82) is 0 Å². The fourth-order valence-electron chi connectivity index (χ4n) is 3.22. The summed E-state index contributed by atoms with van der Waals surface area (Å²) in [5, 5.41) is 2.98. The molecule has 0 aliphatic carbocycles. The molecule has 0 radical (unpaired) electrons. The third-order valence-electron chi connectivity index (χ3n) is 4.61. The molecule has 24 heavy (non-hydrogen) atoms. The molecule has 1 amide bonds. The van der Waals surface area contributed by atoms with Crippen LogP contribution in [0.1, 0.15) is 35.3 Å². The van der Waals surface area contributed by atoms with Crippen LogP contribution in [0.3, 0.4) is 0 Å². The maximum absolute atomic E-state index is 12.6. The normalized spacial score (nSPS) is 18.0. The van der Waals surface area contributed by atoms with Crippen molar-refractivity contribution >= 4 is 11.7 Å². The van der Waals surface area contributed by atoms with Crippen molar-refractivity contribution in [3.05, 3.63) is 54.0 Å². The van der Waals surface area contributed by atoms with Gasteiger partial charge in [-0.05, 0) is 43.7 Å². The predicted octanol–water partition coefficient (Wildman–Crippen LogP) is 3.00. The number of likely N-dealkylation sites (tertiary alicyclic amines) is 1. The number of nitrogens with zero attached hydrogens (tertiary/aromatic N) is 3. The molecule has 1 aliphatic heterocycles. The Hall–Kier alpha value is -2.43. The summed E-state index contributed by atoms with van der Waals surface area (Å²) in [4.78, 5) is 23.4. The lowest BCUT2D eigenvalue weighted by molar-refractivity contribution is 0.0760. The number of benzene rings is 1. The first kappa shape index (κ1) is 16.4. The average molecular weight is 324 g/mol. The van der Waals surface area contributed by atoms with E-state index < -0.39 is 0 Å². The first-order valence-electron chi connectivity index (χ1n) is 8.59. The summed E-state index contributed by atoms with van der Waals surface area (Å²) >= 11 is 0. The molecular formula is C19H24N4O. The number of nitrogens with one attached hydrogen (secondary N) is 1. The molecule has 1 aromatic heterocycles. The highest BCUT2D eigenvalue weighted by molar-refractivity contribution is 5.94. The molecule has 0 spiro atoms. The lowest BCUT2D eigenvalue weighted by atomic mass is 9.95. The second-order valence-electron chi connectivity index (χ2n) is 6.30. The maximum atomic E-state index is 12.6. The summed E-state index contributed by atoms with van der Waals surface area (Å²) in [7, 11) is 1.84. The van der Waals surface area contributed by atoms with Crippen LogP contribution in [0.2, 0.25) is 0 Å². The van der Waals surface area contributed by atoms with E-state index in [9.17, 15) is 4.79 Å². The number of hydrogen-bond donors (Lipinski definition) is 1. The summed E-state index contributed by atoms with van der Waals surface area (Å²) < 4.78 is 0. The van der Waals surface area contributed by atoms with Crippen molar-refractivity contribution in [2.45, 2.75) is 25.7 Å². The molecule has 1 aromatic carbocycles. The first-order valence-corrected chi connectivity index (χ1v) is 8.59. The molecular weight excluding hydrogens is 300 g/mol. The zero-order valence-corrected chi connectivity index (χ0v) is 14.1. The van der Waals surface area contributed by atoms with Crippen molar-refractivity contribution in [2.24, 2.45) is 5.92 Å². The van der Waals surface area contributed by atoms with Gasteiger partial charge in [0, 0.05) is 25.7 Å². The highest BCUT2D eigenvalue weighted by Crippen LogP contribution is 2.22. The van der Waals surface area contributed by atoms with Crippen LogP contribution in [0.25, 0.3) is 0 Å². The Balaban J connectivity index is 1.57. The second-order valence-corrected chi connectivity index (χ2v) is 6.30. The van der Waals surface area contributed by atoms with E-state index in [1.807, 2.05) is 48.5 Å². The summed E-state index contributed by atoms with van der Waals surface area (Å²) in [5.74, 6) is 1.50. The minimum Gasteiger partial charge on any atom is -0.372 e. The van der Waals surface area contributed by atoms with E-state index in [-0.39, 0.29) is 5.91 Å². The van der Waals surface area contributed by atoms with Gasteiger partial charge in [-0.2, -0.15) is 0 Å². The van der Waals surface area contributed by atoms with E-state index in [1.165, 1.54) is 0 Å². The second kappa shape index (κ2) is 7.90. The van der Waals surface area contributed by atoms with Gasteiger partial charge in [0.2, 0.25) is 0 Å². The zero-order valence-electron chi connectivity index (χ0n) is 14.1. The topological polar surface area (TPSA) is 58.1 Å². The van der Waals surface area contributed by atoms with Gasteiger partial charge in [-0.3, -0.25) is 9.78 Å². The van der Waals surface area contributed by atoms with Crippen molar-refractivity contribution in [3.8, 4) is 0 Å². The Labute approximate surface area is 143 Å². The highest BCUT2D eigenvalue weighted by Gasteiger charge is 2.22. The van der Waals surface area contributed by atoms with Crippen LogP contribution < -0.4 is 5.32 Å². The average Bonchev–Trinajstić information content (AvgIpc) is 2.88. The van der Waals surface area contributed by atoms with Gasteiger partial charge in [0.1, 0.15) is 5.82 Å². The summed E-state index contributed by atoms with van der Waals surface area (Å²) in [6, 6.07) is 9.56. The Morgan fingerprint density at radius 3 is 2.71 bits per heavy atom. The van der Waals surface area contributed by atoms with Crippen LogP contribution >= 0.6 is 0 Å². The molecule has 1 atom stereocenters. The minimum atomic E-state index is 0.148. The van der Waals surface area contributed by atoms with E-state index in [0.717, 1.165) is 55.8 Å². The lowest BCUT2D eigenvalue weighted by Crippen LogP contribution is -2.32. The Kier molecular flexibility index (Phi) is 5.41. The number of carbonyl (C=O) groups is 1. The molecule has 1 fully saturated rings. The van der Waals surface area contributed by atoms with Crippen LogP contribution in [-0.4, -0.2) is 40.9 Å². The van der Waals surface area contributed by atoms with Gasteiger partial charge >= 0.3 is 0 Å². The van der Waals surface area contributed by atoms with Crippen molar-refractivity contribution in [3.63, 3.8) is 0 Å². The van der Waals surface area contributed by atoms with Gasteiger partial charge in [-0.15, -0.1) is 0 Å². The largest absolute Gasteiger partial charge is 0.372 e. The number of carbonyl (C=O) groups excluding carboxylic acids is 1. The maximum Gasteiger partial charge on any atom is 0.253 e. The fourth-order valence-corrected chi connectivity index (χ4v) is 3.22. The highest BCUT2D eigenvalue weighted by atomic mass is 16.2. The third-order valence-corrected chi connectivity index (χ3v) is 4.61. The standard InChI is InChI=1S/C19H24N4O/c1-20-18-14-21-17(13-22-18)12-15-6-5-10-23(11-9-15)19(24)16-7-3-2-4-8-16/h2-4,7-8,13-15H,5-6,9-12H2,1H3,(H,20,22)/t15-/m0/s1. The molecule has 126 valence electrons. The number of aromatic nitrogens is 2. The zero-order chi connectivity index (χ0) is 16.8. The minimum absolute atomic E-state index is 0.148. The number of anilines is 1. The molecule has 2 aromatic rings. The molecule has 5 heteroatoms. The molecule has 1 aliphatic rings. The Morgan fingerprint density at radius 1 is 1.17 bits per heavy atom. The number of rotatable bonds is 4. The third kappa shape index (κ3) is 4.10. The molecule has 0 bridgehead atoms. The molecule has 1 saturated heterocycles. The monoisotopic (exact) mass is 324 g/mol. The number of amides is 1. The van der Waals surface area contributed by atoms with Gasteiger partial charge in [0.05, 0.1) is 18.1 Å². The predicted molar refractivity (Wildman–Crippen MR) is 95.0 cm³/mol. The SMILES string of the molecule is CNc1cnc(C[C@H]2CCCN(C(=O)c3ccccc3)CC2)cn1. The molecule has 1 N–H and O–H groups in total. The summed E-state index contributed by atoms with van der Waals surface area (Å²) in [5.41, 5.74) is 1.81. The van der Waals surface area contributed by atoms with Gasteiger partial charge in [0.15, 0.2) is 0 Å². The van der Waals surface area contributed by atoms with Crippen LogP contribution in [0.15, 0.2) is 42.7 Å². The quantitative estimate of drug-likeness (QED) is 0.939. The van der Waals surface area contributed by atoms with Crippen LogP contribution in [-0.2, 0) is 6.42 Å². The van der Waals surface area contributed by atoms with Crippen molar-refractivity contribution < 1.29 is 4.79 Å². The molecule has 5 nitrogen and oxygen atoms in total. The molecule has 0 saturated carbocycles. The van der Waals surface area contributed by atoms with E-state index in [4.69, 9.17) is 0 Å². The van der Waals surface area contributed by atoms with Crippen molar-refractivity contribution in [2.75, 3.05) is 25.5 Å². The number of hydrogen-bond acceptors (Lipinski definition) is 4. The molecule has 0 unspecified atom stereocenters. The van der Waals surface area contributed by atoms with Crippen molar-refractivity contribution in [1.82, 2.24) is 14.9 Å². The van der Waals surface area contributed by atoms with Gasteiger partial charge < -0.3 is 10.2 Å². The van der Waals surface area contributed by atoms with E-state index in [2.05, 4.69) is 15.3 Å². The Bertz CT molecular complexity index is 657. The summed E-state index contributed by atoms with van der Waals surface area (Å²) in [6.07, 6.45) is 7.76. The van der Waals surface area contributed by atoms with E-state index >= 15 is 0 Å². The van der Waals surface area contributed by atoms with Gasteiger partial charge in [-0.25, -0.2) is 4.98 Å². The Morgan fingerprint density at radius 2 is 2.00 bits per heavy atom. The van der Waals surface area contributed by atoms with Crippen LogP contribution in [0, 0.1) is 5.92 Å². The smallest absolute Gasteiger partial charge is 0.253 e.